The fourth-order valence-electron chi connectivity index (χ4n) is 1.39. The Morgan fingerprint density at radius 3 is 2.75 bits per heavy atom. The number of halogens is 4. The van der Waals surface area contributed by atoms with E-state index in [4.69, 9.17) is 0 Å². The molecule has 0 spiro atoms. The molecule has 0 saturated carbocycles. The van der Waals surface area contributed by atoms with Crippen LogP contribution in [0.15, 0.2) is 5.38 Å². The third-order valence-electron chi connectivity index (χ3n) is 2.55. The van der Waals surface area contributed by atoms with E-state index < -0.39 is 19.0 Å². The Balaban J connectivity index is 2.41. The van der Waals surface area contributed by atoms with Gasteiger partial charge < -0.3 is 10.1 Å². The first-order valence-corrected chi connectivity index (χ1v) is 7.16. The van der Waals surface area contributed by atoms with Crippen molar-refractivity contribution in [1.82, 2.24) is 10.3 Å². The summed E-state index contributed by atoms with van der Waals surface area (Å²) in [5.74, 6) is -4.12. The molecule has 0 aliphatic heterocycles. The maximum absolute atomic E-state index is 12.6. The van der Waals surface area contributed by atoms with Gasteiger partial charge in [0.05, 0.1) is 12.3 Å². The molecule has 0 fully saturated rings. The molecule has 8 heteroatoms. The van der Waals surface area contributed by atoms with E-state index in [0.29, 0.717) is 5.01 Å². The highest BCUT2D eigenvalue weighted by Crippen LogP contribution is 2.24. The third-order valence-corrected chi connectivity index (χ3v) is 3.39. The zero-order chi connectivity index (χ0) is 15.2. The lowest BCUT2D eigenvalue weighted by Gasteiger charge is -2.14. The number of thiazole rings is 1. The highest BCUT2D eigenvalue weighted by atomic mass is 32.1. The molecule has 1 aromatic heterocycles. The molecule has 1 aromatic rings. The second kappa shape index (κ2) is 7.90. The number of alkyl halides is 4. The smallest absolute Gasteiger partial charge is 0.330 e. The van der Waals surface area contributed by atoms with Gasteiger partial charge in [-0.3, -0.25) is 0 Å². The average molecular weight is 314 g/mol. The van der Waals surface area contributed by atoms with Crippen LogP contribution in [0.3, 0.4) is 0 Å². The van der Waals surface area contributed by atoms with Crippen molar-refractivity contribution in [2.45, 2.75) is 45.3 Å². The van der Waals surface area contributed by atoms with E-state index >= 15 is 0 Å². The van der Waals surface area contributed by atoms with Crippen molar-refractivity contribution in [2.24, 2.45) is 0 Å². The van der Waals surface area contributed by atoms with Gasteiger partial charge in [0.25, 0.3) is 0 Å². The molecule has 0 aromatic carbocycles. The summed E-state index contributed by atoms with van der Waals surface area (Å²) < 4.78 is 53.7. The van der Waals surface area contributed by atoms with Crippen LogP contribution in [0.1, 0.15) is 37.0 Å². The van der Waals surface area contributed by atoms with Crippen LogP contribution in [0.5, 0.6) is 0 Å². The van der Waals surface area contributed by atoms with Gasteiger partial charge in [-0.15, -0.1) is 11.3 Å². The fraction of sp³-hybridized carbons (Fsp3) is 0.750. The average Bonchev–Trinajstić information content (AvgIpc) is 2.84. The first-order valence-electron chi connectivity index (χ1n) is 6.28. The zero-order valence-corrected chi connectivity index (χ0v) is 12.2. The van der Waals surface area contributed by atoms with Gasteiger partial charge in [-0.25, -0.2) is 13.8 Å². The SMILES string of the molecule is CCCNC(C)c1csc(COCC(F)(F)C(F)F)n1. The predicted octanol–water partition coefficient (Wildman–Crippen LogP) is 3.62. The lowest BCUT2D eigenvalue weighted by Crippen LogP contribution is -2.32. The molecule has 1 heterocycles. The van der Waals surface area contributed by atoms with Crippen LogP contribution in [0.25, 0.3) is 0 Å². The van der Waals surface area contributed by atoms with Gasteiger partial charge in [0.15, 0.2) is 0 Å². The van der Waals surface area contributed by atoms with E-state index in [-0.39, 0.29) is 12.6 Å². The third kappa shape index (κ3) is 5.34. The van der Waals surface area contributed by atoms with Crippen LogP contribution in [0, 0.1) is 0 Å². The normalized spacial score (nSPS) is 13.9. The van der Waals surface area contributed by atoms with Crippen molar-refractivity contribution in [2.75, 3.05) is 13.2 Å². The number of nitrogens with one attached hydrogen (secondary N) is 1. The largest absolute Gasteiger partial charge is 0.368 e. The first kappa shape index (κ1) is 17.3. The summed E-state index contributed by atoms with van der Waals surface area (Å²) in [7, 11) is 0. The molecule has 0 radical (unpaired) electrons. The second-order valence-electron chi connectivity index (χ2n) is 4.40. The topological polar surface area (TPSA) is 34.1 Å². The molecule has 3 nitrogen and oxygen atoms in total. The molecule has 0 saturated heterocycles. The minimum Gasteiger partial charge on any atom is -0.368 e. The van der Waals surface area contributed by atoms with Gasteiger partial charge in [0, 0.05) is 11.4 Å². The van der Waals surface area contributed by atoms with Gasteiger partial charge in [-0.2, -0.15) is 8.78 Å². The molecular formula is C12H18F4N2OS. The van der Waals surface area contributed by atoms with E-state index in [0.717, 1.165) is 18.7 Å². The van der Waals surface area contributed by atoms with Gasteiger partial charge in [-0.05, 0) is 19.9 Å². The molecular weight excluding hydrogens is 296 g/mol. The first-order chi connectivity index (χ1) is 9.36. The van der Waals surface area contributed by atoms with Crippen molar-refractivity contribution >= 4 is 11.3 Å². The van der Waals surface area contributed by atoms with Crippen molar-refractivity contribution in [1.29, 1.82) is 0 Å². The van der Waals surface area contributed by atoms with Crippen LogP contribution in [0.4, 0.5) is 17.6 Å². The van der Waals surface area contributed by atoms with E-state index in [1.807, 2.05) is 13.8 Å². The van der Waals surface area contributed by atoms with Gasteiger partial charge in [0.2, 0.25) is 0 Å². The standard InChI is InChI=1S/C12H18F4N2OS/c1-3-4-17-8(2)9-6-20-10(18-9)5-19-7-12(15,16)11(13)14/h6,8,11,17H,3-5,7H2,1-2H3. The molecule has 0 aliphatic carbocycles. The van der Waals surface area contributed by atoms with Crippen LogP contribution < -0.4 is 5.32 Å². The Hall–Kier alpha value is -0.730. The minimum atomic E-state index is -4.12. The molecule has 0 aliphatic rings. The quantitative estimate of drug-likeness (QED) is 0.707. The molecule has 116 valence electrons. The second-order valence-corrected chi connectivity index (χ2v) is 5.34. The lowest BCUT2D eigenvalue weighted by molar-refractivity contribution is -0.168. The minimum absolute atomic E-state index is 0.0578. The van der Waals surface area contributed by atoms with Crippen LogP contribution >= 0.6 is 11.3 Å². The Bertz CT molecular complexity index is 401. The Morgan fingerprint density at radius 1 is 1.45 bits per heavy atom. The molecule has 1 unspecified atom stereocenters. The van der Waals surface area contributed by atoms with E-state index in [9.17, 15) is 17.6 Å². The number of hydrogen-bond acceptors (Lipinski definition) is 4. The van der Waals surface area contributed by atoms with E-state index in [1.54, 1.807) is 5.38 Å². The predicted molar refractivity (Wildman–Crippen MR) is 69.4 cm³/mol. The zero-order valence-electron chi connectivity index (χ0n) is 11.3. The van der Waals surface area contributed by atoms with Crippen molar-refractivity contribution in [3.63, 3.8) is 0 Å². The maximum Gasteiger partial charge on any atom is 0.330 e. The summed E-state index contributed by atoms with van der Waals surface area (Å²) in [6, 6.07) is 0.0578. The summed E-state index contributed by atoms with van der Waals surface area (Å²) in [5, 5.41) is 5.54. The van der Waals surface area contributed by atoms with Crippen LogP contribution in [0.2, 0.25) is 0 Å². The Labute approximate surface area is 119 Å². The number of rotatable bonds is 9. The molecule has 1 atom stereocenters. The van der Waals surface area contributed by atoms with Crippen molar-refractivity contribution in [3.8, 4) is 0 Å². The van der Waals surface area contributed by atoms with Crippen molar-refractivity contribution < 1.29 is 22.3 Å². The monoisotopic (exact) mass is 314 g/mol. The van der Waals surface area contributed by atoms with Crippen LogP contribution in [-0.2, 0) is 11.3 Å². The number of aromatic nitrogens is 1. The number of hydrogen-bond donors (Lipinski definition) is 1. The summed E-state index contributed by atoms with van der Waals surface area (Å²) in [6.45, 7) is 3.35. The molecule has 1 rings (SSSR count). The van der Waals surface area contributed by atoms with Crippen molar-refractivity contribution in [3.05, 3.63) is 16.1 Å². The molecule has 0 bridgehead atoms. The van der Waals surface area contributed by atoms with Gasteiger partial charge in [-0.1, -0.05) is 6.92 Å². The van der Waals surface area contributed by atoms with E-state index in [1.165, 1.54) is 11.3 Å². The molecule has 1 N–H and O–H groups in total. The summed E-state index contributed by atoms with van der Waals surface area (Å²) in [5.41, 5.74) is 0.794. The summed E-state index contributed by atoms with van der Waals surface area (Å²) in [6.07, 6.45) is -2.72. The maximum atomic E-state index is 12.6. The molecule has 0 amide bonds. The summed E-state index contributed by atoms with van der Waals surface area (Å²) >= 11 is 1.26. The molecule has 20 heavy (non-hydrogen) atoms. The number of nitrogens with zero attached hydrogens (tertiary/aromatic N) is 1. The number of ether oxygens (including phenoxy) is 1. The highest BCUT2D eigenvalue weighted by Gasteiger charge is 2.40. The highest BCUT2D eigenvalue weighted by molar-refractivity contribution is 7.09. The lowest BCUT2D eigenvalue weighted by atomic mass is 10.2. The van der Waals surface area contributed by atoms with E-state index in [2.05, 4.69) is 15.0 Å². The summed E-state index contributed by atoms with van der Waals surface area (Å²) in [4.78, 5) is 4.23. The Morgan fingerprint density at radius 2 is 2.15 bits per heavy atom. The van der Waals surface area contributed by atoms with Crippen LogP contribution in [-0.4, -0.2) is 30.5 Å². The van der Waals surface area contributed by atoms with Gasteiger partial charge in [0.1, 0.15) is 11.6 Å². The van der Waals surface area contributed by atoms with Gasteiger partial charge >= 0.3 is 12.3 Å². The fourth-order valence-corrected chi connectivity index (χ4v) is 2.22. The Kier molecular flexibility index (Phi) is 6.84.